The van der Waals surface area contributed by atoms with Crippen LogP contribution in [0.3, 0.4) is 0 Å². The molecule has 0 saturated carbocycles. The van der Waals surface area contributed by atoms with Crippen LogP contribution >= 0.6 is 0 Å². The summed E-state index contributed by atoms with van der Waals surface area (Å²) in [7, 11) is 0. The highest BCUT2D eigenvalue weighted by Gasteiger charge is 2.07. The second-order valence-electron chi connectivity index (χ2n) is 4.66. The van der Waals surface area contributed by atoms with Crippen molar-refractivity contribution in [2.45, 2.75) is 6.92 Å². The Kier molecular flexibility index (Phi) is 3.26. The number of para-hydroxylation sites is 1. The molecule has 2 aromatic carbocycles. The van der Waals surface area contributed by atoms with Crippen LogP contribution in [0.15, 0.2) is 77.8 Å². The number of furan rings is 1. The zero-order valence-corrected chi connectivity index (χ0v) is 11.5. The molecule has 3 aromatic rings. The van der Waals surface area contributed by atoms with E-state index in [0.717, 1.165) is 33.1 Å². The van der Waals surface area contributed by atoms with Crippen LogP contribution in [-0.2, 0) is 0 Å². The summed E-state index contributed by atoms with van der Waals surface area (Å²) < 4.78 is 5.84. The molecule has 98 valence electrons. The molecule has 1 nitrogen and oxygen atoms in total. The summed E-state index contributed by atoms with van der Waals surface area (Å²) >= 11 is 0. The molecule has 0 radical (unpaired) electrons. The Morgan fingerprint density at radius 2 is 1.85 bits per heavy atom. The molecule has 0 N–H and O–H groups in total. The highest BCUT2D eigenvalue weighted by Crippen LogP contribution is 2.31. The van der Waals surface area contributed by atoms with E-state index in [-0.39, 0.29) is 0 Å². The first-order valence-electron chi connectivity index (χ1n) is 6.70. The summed E-state index contributed by atoms with van der Waals surface area (Å²) in [6.07, 6.45) is 7.98. The minimum Gasteiger partial charge on any atom is -0.456 e. The highest BCUT2D eigenvalue weighted by atomic mass is 16.3. The molecule has 0 bridgehead atoms. The van der Waals surface area contributed by atoms with Gasteiger partial charge in [-0.15, -0.1) is 0 Å². The number of hydrogen-bond acceptors (Lipinski definition) is 1. The summed E-state index contributed by atoms with van der Waals surface area (Å²) in [6.45, 7) is 5.90. The van der Waals surface area contributed by atoms with Crippen LogP contribution in [0.1, 0.15) is 12.5 Å². The zero-order chi connectivity index (χ0) is 13.9. The molecule has 0 amide bonds. The lowest BCUT2D eigenvalue weighted by Gasteiger charge is -2.01. The fourth-order valence-electron chi connectivity index (χ4n) is 2.39. The van der Waals surface area contributed by atoms with Crippen molar-refractivity contribution in [1.29, 1.82) is 0 Å². The Bertz CT molecular complexity index is 831. The van der Waals surface area contributed by atoms with Crippen molar-refractivity contribution in [2.75, 3.05) is 0 Å². The van der Waals surface area contributed by atoms with E-state index in [2.05, 4.69) is 30.9 Å². The van der Waals surface area contributed by atoms with Crippen molar-refractivity contribution in [2.24, 2.45) is 0 Å². The maximum absolute atomic E-state index is 5.84. The molecular weight excluding hydrogens is 244 g/mol. The molecule has 1 aromatic heterocycles. The van der Waals surface area contributed by atoms with Crippen LogP contribution in [0.25, 0.3) is 27.5 Å². The Hall–Kier alpha value is -2.54. The van der Waals surface area contributed by atoms with E-state index in [9.17, 15) is 0 Å². The second-order valence-corrected chi connectivity index (χ2v) is 4.66. The van der Waals surface area contributed by atoms with Gasteiger partial charge in [-0.05, 0) is 36.3 Å². The maximum atomic E-state index is 5.84. The molecule has 0 aliphatic heterocycles. The van der Waals surface area contributed by atoms with Gasteiger partial charge in [-0.3, -0.25) is 0 Å². The van der Waals surface area contributed by atoms with Crippen molar-refractivity contribution in [1.82, 2.24) is 0 Å². The largest absolute Gasteiger partial charge is 0.456 e. The van der Waals surface area contributed by atoms with Gasteiger partial charge in [0, 0.05) is 10.8 Å². The van der Waals surface area contributed by atoms with Gasteiger partial charge in [0.2, 0.25) is 0 Å². The summed E-state index contributed by atoms with van der Waals surface area (Å²) in [4.78, 5) is 0. The van der Waals surface area contributed by atoms with E-state index in [0.29, 0.717) is 0 Å². The van der Waals surface area contributed by atoms with Crippen molar-refractivity contribution < 1.29 is 4.42 Å². The van der Waals surface area contributed by atoms with Gasteiger partial charge in [0.05, 0.1) is 0 Å². The summed E-state index contributed by atoms with van der Waals surface area (Å²) in [6, 6.07) is 14.4. The Morgan fingerprint density at radius 1 is 1.05 bits per heavy atom. The van der Waals surface area contributed by atoms with E-state index in [4.69, 9.17) is 4.42 Å². The van der Waals surface area contributed by atoms with Crippen LogP contribution in [0, 0.1) is 0 Å². The SMILES string of the molecule is C=C/C(=C\C=C/C)c1ccc2oc3ccccc3c2c1. The maximum Gasteiger partial charge on any atom is 0.135 e. The Labute approximate surface area is 118 Å². The molecule has 20 heavy (non-hydrogen) atoms. The molecule has 0 aliphatic rings. The molecular formula is C19H16O. The molecule has 0 unspecified atom stereocenters. The van der Waals surface area contributed by atoms with Gasteiger partial charge in [0.15, 0.2) is 0 Å². The predicted octanol–water partition coefficient (Wildman–Crippen LogP) is 5.73. The minimum absolute atomic E-state index is 0.921. The van der Waals surface area contributed by atoms with Crippen LogP contribution in [0.4, 0.5) is 0 Å². The molecule has 3 rings (SSSR count). The van der Waals surface area contributed by atoms with E-state index < -0.39 is 0 Å². The summed E-state index contributed by atoms with van der Waals surface area (Å²) in [5.41, 5.74) is 4.11. The van der Waals surface area contributed by atoms with E-state index >= 15 is 0 Å². The fourth-order valence-corrected chi connectivity index (χ4v) is 2.39. The normalized spacial score (nSPS) is 12.6. The van der Waals surface area contributed by atoms with E-state index in [1.54, 1.807) is 0 Å². The van der Waals surface area contributed by atoms with Crippen molar-refractivity contribution in [3.8, 4) is 0 Å². The van der Waals surface area contributed by atoms with Gasteiger partial charge in [0.25, 0.3) is 0 Å². The van der Waals surface area contributed by atoms with Gasteiger partial charge in [-0.2, -0.15) is 0 Å². The van der Waals surface area contributed by atoms with Crippen LogP contribution in [-0.4, -0.2) is 0 Å². The van der Waals surface area contributed by atoms with Crippen LogP contribution in [0.2, 0.25) is 0 Å². The minimum atomic E-state index is 0.921. The van der Waals surface area contributed by atoms with Crippen molar-refractivity contribution >= 4 is 27.5 Å². The average molecular weight is 260 g/mol. The Morgan fingerprint density at radius 3 is 2.65 bits per heavy atom. The van der Waals surface area contributed by atoms with Gasteiger partial charge >= 0.3 is 0 Å². The summed E-state index contributed by atoms with van der Waals surface area (Å²) in [5.74, 6) is 0. The standard InChI is InChI=1S/C19H16O/c1-3-5-8-14(4-2)15-11-12-19-17(13-15)16-9-6-7-10-18(16)20-19/h3-13H,2H2,1H3/b5-3-,14-8+. The Balaban J connectivity index is 2.23. The average Bonchev–Trinajstić information content (AvgIpc) is 2.86. The molecule has 0 atom stereocenters. The first-order chi connectivity index (χ1) is 9.83. The molecule has 0 aliphatic carbocycles. The molecule has 0 fully saturated rings. The third kappa shape index (κ3) is 2.08. The first kappa shape index (κ1) is 12.5. The van der Waals surface area contributed by atoms with Gasteiger partial charge in [-0.25, -0.2) is 0 Å². The number of hydrogen-bond donors (Lipinski definition) is 0. The quantitative estimate of drug-likeness (QED) is 0.548. The van der Waals surface area contributed by atoms with Gasteiger partial charge in [-0.1, -0.05) is 55.1 Å². The third-order valence-corrected chi connectivity index (χ3v) is 3.40. The first-order valence-corrected chi connectivity index (χ1v) is 6.70. The lowest BCUT2D eigenvalue weighted by atomic mass is 10.0. The molecule has 1 heteroatoms. The van der Waals surface area contributed by atoms with Gasteiger partial charge in [0.1, 0.15) is 11.2 Å². The van der Waals surface area contributed by atoms with Crippen LogP contribution in [0.5, 0.6) is 0 Å². The lowest BCUT2D eigenvalue weighted by molar-refractivity contribution is 0.669. The molecule has 0 spiro atoms. The van der Waals surface area contributed by atoms with E-state index in [1.165, 1.54) is 0 Å². The number of allylic oxidation sites excluding steroid dienone is 5. The molecule has 1 heterocycles. The number of fused-ring (bicyclic) bond motifs is 3. The molecule has 0 saturated heterocycles. The topological polar surface area (TPSA) is 13.1 Å². The van der Waals surface area contributed by atoms with Crippen LogP contribution < -0.4 is 0 Å². The highest BCUT2D eigenvalue weighted by molar-refractivity contribution is 6.06. The summed E-state index contributed by atoms with van der Waals surface area (Å²) in [5, 5.41) is 2.30. The zero-order valence-electron chi connectivity index (χ0n) is 11.5. The fraction of sp³-hybridized carbons (Fsp3) is 0.0526. The second kappa shape index (κ2) is 5.22. The van der Waals surface area contributed by atoms with Crippen molar-refractivity contribution in [3.63, 3.8) is 0 Å². The van der Waals surface area contributed by atoms with Gasteiger partial charge < -0.3 is 4.42 Å². The number of rotatable bonds is 3. The van der Waals surface area contributed by atoms with Crippen molar-refractivity contribution in [3.05, 3.63) is 78.9 Å². The lowest BCUT2D eigenvalue weighted by Crippen LogP contribution is -1.80. The predicted molar refractivity (Wildman–Crippen MR) is 86.7 cm³/mol. The third-order valence-electron chi connectivity index (χ3n) is 3.40. The smallest absolute Gasteiger partial charge is 0.135 e. The number of benzene rings is 2. The monoisotopic (exact) mass is 260 g/mol. The van der Waals surface area contributed by atoms with E-state index in [1.807, 2.05) is 49.4 Å².